The second kappa shape index (κ2) is 7.92. The van der Waals surface area contributed by atoms with E-state index in [0.29, 0.717) is 22.9 Å². The van der Waals surface area contributed by atoms with Gasteiger partial charge in [-0.1, -0.05) is 0 Å². The third-order valence-electron chi connectivity index (χ3n) is 4.24. The van der Waals surface area contributed by atoms with Gasteiger partial charge in [-0.2, -0.15) is 8.42 Å². The second-order valence-electron chi connectivity index (χ2n) is 6.19. The minimum Gasteiger partial charge on any atom is -0.493 e. The second-order valence-corrected chi connectivity index (χ2v) is 7.82. The van der Waals surface area contributed by atoms with Crippen LogP contribution in [0.3, 0.4) is 0 Å². The predicted molar refractivity (Wildman–Crippen MR) is 108 cm³/mol. The number of pyridine rings is 1. The SMILES string of the molecule is COc1ccc(C2=NS(=O)(=O)N(C)C(C(=O)Nc3cc(C)ccn3)=C2)cc1OC. The van der Waals surface area contributed by atoms with Crippen molar-refractivity contribution in [3.63, 3.8) is 0 Å². The Labute approximate surface area is 168 Å². The molecule has 0 spiro atoms. The number of carbonyl (C=O) groups excluding carboxylic acids is 1. The Kier molecular flexibility index (Phi) is 5.55. The number of aromatic nitrogens is 1. The first-order valence-corrected chi connectivity index (χ1v) is 9.92. The molecule has 2 heterocycles. The van der Waals surface area contributed by atoms with Crippen LogP contribution in [0, 0.1) is 6.92 Å². The number of likely N-dealkylation sites (N-methyl/N-ethyl adjacent to an activating group) is 1. The summed E-state index contributed by atoms with van der Waals surface area (Å²) in [5.41, 5.74) is 1.37. The molecule has 1 aliphatic rings. The van der Waals surface area contributed by atoms with E-state index in [4.69, 9.17) is 9.47 Å². The lowest BCUT2D eigenvalue weighted by molar-refractivity contribution is -0.113. The third-order valence-corrected chi connectivity index (χ3v) is 5.56. The van der Waals surface area contributed by atoms with Gasteiger partial charge in [0.25, 0.3) is 5.91 Å². The van der Waals surface area contributed by atoms with Crippen molar-refractivity contribution in [2.24, 2.45) is 4.40 Å². The summed E-state index contributed by atoms with van der Waals surface area (Å²) < 4.78 is 40.1. The summed E-state index contributed by atoms with van der Waals surface area (Å²) in [5.74, 6) is 0.589. The summed E-state index contributed by atoms with van der Waals surface area (Å²) in [4.78, 5) is 16.8. The number of hydrogen-bond donors (Lipinski definition) is 1. The highest BCUT2D eigenvalue weighted by Gasteiger charge is 2.30. The molecule has 3 rings (SSSR count). The number of rotatable bonds is 5. The predicted octanol–water partition coefficient (Wildman–Crippen LogP) is 1.91. The van der Waals surface area contributed by atoms with Gasteiger partial charge < -0.3 is 14.8 Å². The van der Waals surface area contributed by atoms with E-state index in [9.17, 15) is 13.2 Å². The Morgan fingerprint density at radius 1 is 1.10 bits per heavy atom. The van der Waals surface area contributed by atoms with Gasteiger partial charge in [0.2, 0.25) is 0 Å². The number of benzene rings is 1. The van der Waals surface area contributed by atoms with Crippen LogP contribution < -0.4 is 14.8 Å². The number of carbonyl (C=O) groups is 1. The van der Waals surface area contributed by atoms with E-state index < -0.39 is 16.1 Å². The van der Waals surface area contributed by atoms with Crippen LogP contribution in [0.15, 0.2) is 52.7 Å². The highest BCUT2D eigenvalue weighted by Crippen LogP contribution is 2.29. The van der Waals surface area contributed by atoms with Crippen molar-refractivity contribution in [2.75, 3.05) is 26.6 Å². The Morgan fingerprint density at radius 3 is 2.48 bits per heavy atom. The fraction of sp³-hybridized carbons (Fsp3) is 0.211. The first-order valence-electron chi connectivity index (χ1n) is 8.52. The van der Waals surface area contributed by atoms with Crippen LogP contribution in [0.1, 0.15) is 11.1 Å². The molecule has 0 radical (unpaired) electrons. The Morgan fingerprint density at radius 2 is 1.83 bits per heavy atom. The fourth-order valence-corrected chi connectivity index (χ4v) is 3.59. The smallest absolute Gasteiger partial charge is 0.345 e. The van der Waals surface area contributed by atoms with E-state index in [1.807, 2.05) is 6.92 Å². The summed E-state index contributed by atoms with van der Waals surface area (Å²) in [5, 5.41) is 2.61. The maximum absolute atomic E-state index is 12.8. The molecule has 0 fully saturated rings. The monoisotopic (exact) mass is 416 g/mol. The van der Waals surface area contributed by atoms with Gasteiger partial charge in [-0.25, -0.2) is 9.29 Å². The van der Waals surface area contributed by atoms with E-state index >= 15 is 0 Å². The lowest BCUT2D eigenvalue weighted by Crippen LogP contribution is -2.35. The highest BCUT2D eigenvalue weighted by molar-refractivity contribution is 7.88. The first kappa shape index (κ1) is 20.3. The molecule has 0 atom stereocenters. The third kappa shape index (κ3) is 4.21. The van der Waals surface area contributed by atoms with Crippen molar-refractivity contribution in [3.05, 3.63) is 59.4 Å². The molecule has 0 saturated carbocycles. The van der Waals surface area contributed by atoms with Crippen LogP contribution >= 0.6 is 0 Å². The summed E-state index contributed by atoms with van der Waals surface area (Å²) >= 11 is 0. The van der Waals surface area contributed by atoms with E-state index in [-0.39, 0.29) is 11.4 Å². The molecule has 0 saturated heterocycles. The standard InChI is InChI=1S/C19H20N4O5S/c1-12-7-8-20-18(9-12)21-19(24)15-11-14(22-29(25,26)23(15)2)13-5-6-16(27-3)17(10-13)28-4/h5-11H,1-4H3,(H,20,21,24). The van der Waals surface area contributed by atoms with Crippen LogP contribution in [0.2, 0.25) is 0 Å². The molecule has 1 aliphatic heterocycles. The molecule has 1 aromatic heterocycles. The molecule has 1 N–H and O–H groups in total. The van der Waals surface area contributed by atoms with E-state index in [0.717, 1.165) is 9.87 Å². The largest absolute Gasteiger partial charge is 0.493 e. The lowest BCUT2D eigenvalue weighted by Gasteiger charge is -2.23. The molecule has 29 heavy (non-hydrogen) atoms. The molecule has 10 heteroatoms. The Hall–Kier alpha value is -3.40. The van der Waals surface area contributed by atoms with Crippen LogP contribution in [0.25, 0.3) is 0 Å². The van der Waals surface area contributed by atoms with Crippen molar-refractivity contribution in [2.45, 2.75) is 6.92 Å². The van der Waals surface area contributed by atoms with Crippen LogP contribution in [0.4, 0.5) is 5.82 Å². The van der Waals surface area contributed by atoms with Crippen molar-refractivity contribution in [1.82, 2.24) is 9.29 Å². The molecule has 0 bridgehead atoms. The zero-order valence-electron chi connectivity index (χ0n) is 16.3. The van der Waals surface area contributed by atoms with Crippen molar-refractivity contribution < 1.29 is 22.7 Å². The number of aryl methyl sites for hydroxylation is 1. The number of nitrogens with one attached hydrogen (secondary N) is 1. The minimum atomic E-state index is -4.09. The number of nitrogens with zero attached hydrogens (tertiary/aromatic N) is 3. The molecule has 2 aromatic rings. The fourth-order valence-electron chi connectivity index (χ4n) is 2.68. The number of amides is 1. The van der Waals surface area contributed by atoms with Gasteiger partial charge >= 0.3 is 10.2 Å². The Bertz CT molecular complexity index is 1130. The summed E-state index contributed by atoms with van der Waals surface area (Å²) in [7, 11) is 0.142. The average molecular weight is 416 g/mol. The number of hydrogen-bond acceptors (Lipinski definition) is 6. The number of allylic oxidation sites excluding steroid dienone is 1. The summed E-state index contributed by atoms with van der Waals surface area (Å²) in [6.07, 6.45) is 2.95. The van der Waals surface area contributed by atoms with Crippen molar-refractivity contribution in [3.8, 4) is 11.5 Å². The van der Waals surface area contributed by atoms with Gasteiger partial charge in [-0.3, -0.25) is 4.79 Å². The number of anilines is 1. The molecular formula is C19H20N4O5S. The maximum atomic E-state index is 12.8. The summed E-state index contributed by atoms with van der Waals surface area (Å²) in [6, 6.07) is 8.32. The molecule has 1 aromatic carbocycles. The quantitative estimate of drug-likeness (QED) is 0.797. The van der Waals surface area contributed by atoms with Crippen LogP contribution in [-0.2, 0) is 15.0 Å². The highest BCUT2D eigenvalue weighted by atomic mass is 32.2. The minimum absolute atomic E-state index is 0.0897. The van der Waals surface area contributed by atoms with Crippen LogP contribution in [0.5, 0.6) is 11.5 Å². The van der Waals surface area contributed by atoms with Gasteiger partial charge in [0.05, 0.1) is 19.9 Å². The van der Waals surface area contributed by atoms with Gasteiger partial charge in [0.1, 0.15) is 11.5 Å². The maximum Gasteiger partial charge on any atom is 0.345 e. The lowest BCUT2D eigenvalue weighted by atomic mass is 10.1. The molecule has 0 unspecified atom stereocenters. The van der Waals surface area contributed by atoms with Crippen LogP contribution in [-0.4, -0.2) is 50.6 Å². The summed E-state index contributed by atoms with van der Waals surface area (Å²) in [6.45, 7) is 1.86. The number of ether oxygens (including phenoxy) is 2. The normalized spacial score (nSPS) is 15.2. The zero-order valence-corrected chi connectivity index (χ0v) is 17.1. The van der Waals surface area contributed by atoms with E-state index in [1.54, 1.807) is 36.5 Å². The number of methoxy groups -OCH3 is 2. The Balaban J connectivity index is 2.00. The molecule has 0 aliphatic carbocycles. The van der Waals surface area contributed by atoms with Gasteiger partial charge in [-0.05, 0) is 48.9 Å². The van der Waals surface area contributed by atoms with Crippen molar-refractivity contribution >= 4 is 27.6 Å². The molecule has 1 amide bonds. The molecular weight excluding hydrogens is 396 g/mol. The topological polar surface area (TPSA) is 110 Å². The van der Waals surface area contributed by atoms with Gasteiger partial charge in [0.15, 0.2) is 11.5 Å². The zero-order chi connectivity index (χ0) is 21.2. The van der Waals surface area contributed by atoms with E-state index in [1.165, 1.54) is 27.3 Å². The van der Waals surface area contributed by atoms with Crippen molar-refractivity contribution in [1.29, 1.82) is 0 Å². The molecule has 9 nitrogen and oxygen atoms in total. The van der Waals surface area contributed by atoms with Gasteiger partial charge in [-0.15, -0.1) is 4.40 Å². The van der Waals surface area contributed by atoms with E-state index in [2.05, 4.69) is 14.7 Å². The first-order chi connectivity index (χ1) is 13.7. The van der Waals surface area contributed by atoms with Gasteiger partial charge in [0, 0.05) is 18.8 Å². The average Bonchev–Trinajstić information content (AvgIpc) is 2.69. The molecule has 152 valence electrons.